The summed E-state index contributed by atoms with van der Waals surface area (Å²) in [6, 6.07) is 5.25. The van der Waals surface area contributed by atoms with Crippen LogP contribution in [0.1, 0.15) is 32.3 Å². The number of carboxylic acids is 1. The van der Waals surface area contributed by atoms with Crippen LogP contribution in [0, 0.1) is 0 Å². The topological polar surface area (TPSA) is 59.0 Å². The van der Waals surface area contributed by atoms with Crippen LogP contribution in [0.25, 0.3) is 0 Å². The maximum atomic E-state index is 13.2. The van der Waals surface area contributed by atoms with Crippen LogP contribution in [0.3, 0.4) is 0 Å². The van der Waals surface area contributed by atoms with E-state index in [4.69, 9.17) is 14.6 Å². The minimum absolute atomic E-state index is 0.122. The number of carbonyl (C=O) groups is 1. The molecule has 1 aromatic carbocycles. The van der Waals surface area contributed by atoms with E-state index in [0.29, 0.717) is 37.7 Å². The second-order valence-corrected chi connectivity index (χ2v) is 5.94. The van der Waals surface area contributed by atoms with Gasteiger partial charge in [0.1, 0.15) is 0 Å². The van der Waals surface area contributed by atoms with Crippen LogP contribution in [0.15, 0.2) is 18.2 Å². The van der Waals surface area contributed by atoms with Gasteiger partial charge in [0.25, 0.3) is 5.92 Å². The number of hydrogen-bond acceptors (Lipinski definition) is 4. The highest BCUT2D eigenvalue weighted by Crippen LogP contribution is 2.32. The number of likely N-dealkylation sites (tertiary alicyclic amines) is 1. The molecule has 1 fully saturated rings. The van der Waals surface area contributed by atoms with Crippen molar-refractivity contribution in [3.05, 3.63) is 23.8 Å². The lowest BCUT2D eigenvalue weighted by molar-refractivity contribution is -0.144. The Bertz CT molecular complexity index is 570. The maximum Gasteiger partial charge on any atom is 0.344 e. The van der Waals surface area contributed by atoms with Crippen LogP contribution in [0.2, 0.25) is 0 Å². The van der Waals surface area contributed by atoms with Crippen molar-refractivity contribution in [2.75, 3.05) is 19.7 Å². The minimum atomic E-state index is -2.56. The summed E-state index contributed by atoms with van der Waals surface area (Å²) in [5.41, 5.74) is 0.916. The Hall–Kier alpha value is -1.89. The fourth-order valence-corrected chi connectivity index (χ4v) is 2.55. The molecule has 5 nitrogen and oxygen atoms in total. The van der Waals surface area contributed by atoms with E-state index in [9.17, 15) is 13.6 Å². The van der Waals surface area contributed by atoms with Crippen molar-refractivity contribution in [2.24, 2.45) is 0 Å². The molecule has 1 aliphatic heterocycles. The number of piperidine rings is 1. The van der Waals surface area contributed by atoms with Gasteiger partial charge in [0.2, 0.25) is 0 Å². The minimum Gasteiger partial charge on any atom is -0.490 e. The van der Waals surface area contributed by atoms with Crippen LogP contribution in [-0.4, -0.2) is 47.7 Å². The Morgan fingerprint density at radius 3 is 2.58 bits per heavy atom. The zero-order valence-electron chi connectivity index (χ0n) is 13.9. The van der Waals surface area contributed by atoms with Crippen molar-refractivity contribution < 1.29 is 28.2 Å². The van der Waals surface area contributed by atoms with E-state index in [1.165, 1.54) is 6.92 Å². The van der Waals surface area contributed by atoms with E-state index in [1.807, 2.05) is 11.8 Å². The van der Waals surface area contributed by atoms with Gasteiger partial charge in [-0.2, -0.15) is 0 Å². The van der Waals surface area contributed by atoms with E-state index in [1.54, 1.807) is 18.2 Å². The van der Waals surface area contributed by atoms with E-state index < -0.39 is 18.0 Å². The largest absolute Gasteiger partial charge is 0.490 e. The third kappa shape index (κ3) is 5.06. The summed E-state index contributed by atoms with van der Waals surface area (Å²) in [4.78, 5) is 12.9. The van der Waals surface area contributed by atoms with Crippen LogP contribution >= 0.6 is 0 Å². The number of benzene rings is 1. The third-order valence-electron chi connectivity index (χ3n) is 3.95. The molecule has 0 bridgehead atoms. The summed E-state index contributed by atoms with van der Waals surface area (Å²) in [5.74, 6) is -2.79. The van der Waals surface area contributed by atoms with Crippen LogP contribution in [0.5, 0.6) is 11.5 Å². The zero-order valence-corrected chi connectivity index (χ0v) is 13.9. The summed E-state index contributed by atoms with van der Waals surface area (Å²) in [5, 5.41) is 8.94. The van der Waals surface area contributed by atoms with Crippen molar-refractivity contribution in [1.82, 2.24) is 4.90 Å². The molecule has 1 aliphatic rings. The molecule has 0 saturated carbocycles. The standard InChI is InChI=1S/C17H23F2NO4/c1-3-23-15-10-13(4-5-14(15)24-12(2)16(21)22)11-20-8-6-17(18,19)7-9-20/h4-5,10,12H,3,6-9,11H2,1-2H3,(H,21,22)/t12-/m1/s1. The lowest BCUT2D eigenvalue weighted by atomic mass is 10.1. The van der Waals surface area contributed by atoms with Gasteiger partial charge in [-0.1, -0.05) is 6.07 Å². The molecule has 0 aliphatic carbocycles. The molecule has 134 valence electrons. The Kier molecular flexibility index (Phi) is 5.99. The molecule has 1 atom stereocenters. The molecule has 0 spiro atoms. The van der Waals surface area contributed by atoms with Gasteiger partial charge in [0, 0.05) is 32.5 Å². The Morgan fingerprint density at radius 2 is 2.00 bits per heavy atom. The first-order valence-corrected chi connectivity index (χ1v) is 8.06. The smallest absolute Gasteiger partial charge is 0.344 e. The predicted molar refractivity (Wildman–Crippen MR) is 84.8 cm³/mol. The number of rotatable bonds is 7. The normalized spacial score (nSPS) is 18.8. The van der Waals surface area contributed by atoms with E-state index in [-0.39, 0.29) is 12.8 Å². The molecule has 1 N–H and O–H groups in total. The van der Waals surface area contributed by atoms with E-state index in [0.717, 1.165) is 5.56 Å². The van der Waals surface area contributed by atoms with Crippen molar-refractivity contribution >= 4 is 5.97 Å². The van der Waals surface area contributed by atoms with Gasteiger partial charge in [0.15, 0.2) is 17.6 Å². The first-order valence-electron chi connectivity index (χ1n) is 8.06. The van der Waals surface area contributed by atoms with Gasteiger partial charge in [-0.25, -0.2) is 13.6 Å². The molecular weight excluding hydrogens is 320 g/mol. The Morgan fingerprint density at radius 1 is 1.33 bits per heavy atom. The van der Waals surface area contributed by atoms with Crippen molar-refractivity contribution in [1.29, 1.82) is 0 Å². The first-order chi connectivity index (χ1) is 11.3. The van der Waals surface area contributed by atoms with Crippen molar-refractivity contribution in [3.8, 4) is 11.5 Å². The van der Waals surface area contributed by atoms with Crippen molar-refractivity contribution in [3.63, 3.8) is 0 Å². The molecule has 0 amide bonds. The Balaban J connectivity index is 2.06. The monoisotopic (exact) mass is 343 g/mol. The maximum absolute atomic E-state index is 13.2. The second-order valence-electron chi connectivity index (χ2n) is 5.94. The number of ether oxygens (including phenoxy) is 2. The third-order valence-corrected chi connectivity index (χ3v) is 3.95. The summed E-state index contributed by atoms with van der Waals surface area (Å²) < 4.78 is 37.3. The number of aliphatic carboxylic acids is 1. The SMILES string of the molecule is CCOc1cc(CN2CCC(F)(F)CC2)ccc1O[C@H](C)C(=O)O. The van der Waals surface area contributed by atoms with E-state index >= 15 is 0 Å². The number of alkyl halides is 2. The lowest BCUT2D eigenvalue weighted by Gasteiger charge is -2.31. The number of hydrogen-bond donors (Lipinski definition) is 1. The summed E-state index contributed by atoms with van der Waals surface area (Å²) in [6.45, 7) is 4.93. The van der Waals surface area contributed by atoms with Gasteiger partial charge in [0.05, 0.1) is 6.61 Å². The molecule has 1 heterocycles. The molecule has 0 radical (unpaired) electrons. The second kappa shape index (κ2) is 7.79. The summed E-state index contributed by atoms with van der Waals surface area (Å²) >= 11 is 0. The highest BCUT2D eigenvalue weighted by molar-refractivity contribution is 5.72. The number of carboxylic acid groups (broad SMARTS) is 1. The van der Waals surface area contributed by atoms with Gasteiger partial charge in [-0.05, 0) is 31.5 Å². The van der Waals surface area contributed by atoms with Crippen LogP contribution < -0.4 is 9.47 Å². The van der Waals surface area contributed by atoms with Gasteiger partial charge >= 0.3 is 5.97 Å². The van der Waals surface area contributed by atoms with Gasteiger partial charge in [-0.15, -0.1) is 0 Å². The fourth-order valence-electron chi connectivity index (χ4n) is 2.55. The van der Waals surface area contributed by atoms with Crippen LogP contribution in [-0.2, 0) is 11.3 Å². The number of halogens is 2. The average Bonchev–Trinajstić information content (AvgIpc) is 2.52. The molecule has 2 rings (SSSR count). The lowest BCUT2D eigenvalue weighted by Crippen LogP contribution is -2.38. The molecule has 1 aromatic rings. The molecule has 7 heteroatoms. The fraction of sp³-hybridized carbons (Fsp3) is 0.588. The van der Waals surface area contributed by atoms with Crippen LogP contribution in [0.4, 0.5) is 8.78 Å². The molecule has 24 heavy (non-hydrogen) atoms. The van der Waals surface area contributed by atoms with Gasteiger partial charge in [-0.3, -0.25) is 4.90 Å². The van der Waals surface area contributed by atoms with E-state index in [2.05, 4.69) is 0 Å². The predicted octanol–water partition coefficient (Wildman–Crippen LogP) is 3.17. The van der Waals surface area contributed by atoms with Crippen molar-refractivity contribution in [2.45, 2.75) is 45.3 Å². The zero-order chi connectivity index (χ0) is 17.7. The molecule has 1 saturated heterocycles. The highest BCUT2D eigenvalue weighted by atomic mass is 19.3. The quantitative estimate of drug-likeness (QED) is 0.824. The highest BCUT2D eigenvalue weighted by Gasteiger charge is 2.33. The Labute approximate surface area is 140 Å². The molecule has 0 unspecified atom stereocenters. The first kappa shape index (κ1) is 18.4. The molecule has 0 aromatic heterocycles. The molecular formula is C17H23F2NO4. The van der Waals surface area contributed by atoms with Gasteiger partial charge < -0.3 is 14.6 Å². The average molecular weight is 343 g/mol. The number of nitrogens with zero attached hydrogens (tertiary/aromatic N) is 1. The summed E-state index contributed by atoms with van der Waals surface area (Å²) in [7, 11) is 0. The summed E-state index contributed by atoms with van der Waals surface area (Å²) in [6.07, 6.45) is -1.23.